The number of carbonyl (C=O) groups is 2. The van der Waals surface area contributed by atoms with Gasteiger partial charge >= 0.3 is 5.97 Å². The average molecular weight is 319 g/mol. The summed E-state index contributed by atoms with van der Waals surface area (Å²) in [5, 5.41) is 2.92. The quantitative estimate of drug-likeness (QED) is 0.490. The van der Waals surface area contributed by atoms with Crippen LogP contribution in [0.4, 0.5) is 0 Å². The molecule has 0 spiro atoms. The van der Waals surface area contributed by atoms with E-state index in [2.05, 4.69) is 12.2 Å². The van der Waals surface area contributed by atoms with E-state index in [1.807, 2.05) is 12.1 Å². The molecule has 0 bridgehead atoms. The Morgan fingerprint density at radius 1 is 0.957 bits per heavy atom. The molecule has 0 aromatic heterocycles. The molecule has 0 unspecified atom stereocenters. The summed E-state index contributed by atoms with van der Waals surface area (Å²) < 4.78 is 4.94. The molecule has 0 radical (unpaired) electrons. The first-order chi connectivity index (χ1) is 11.2. The first-order valence-electron chi connectivity index (χ1n) is 8.70. The van der Waals surface area contributed by atoms with Crippen LogP contribution in [0, 0.1) is 0 Å². The van der Waals surface area contributed by atoms with E-state index < -0.39 is 0 Å². The van der Waals surface area contributed by atoms with Crippen LogP contribution in [-0.2, 0) is 16.1 Å². The Bertz CT molecular complexity index is 468. The van der Waals surface area contributed by atoms with Crippen molar-refractivity contribution < 1.29 is 14.3 Å². The summed E-state index contributed by atoms with van der Waals surface area (Å²) >= 11 is 0. The summed E-state index contributed by atoms with van der Waals surface area (Å²) in [7, 11) is 0. The highest BCUT2D eigenvalue weighted by atomic mass is 16.5. The predicted molar refractivity (Wildman–Crippen MR) is 92.2 cm³/mol. The molecule has 0 aliphatic rings. The number of hydrogen-bond acceptors (Lipinski definition) is 3. The maximum atomic E-state index is 11.8. The molecule has 0 fully saturated rings. The van der Waals surface area contributed by atoms with Crippen LogP contribution in [-0.4, -0.2) is 18.5 Å². The monoisotopic (exact) mass is 319 g/mol. The molecule has 0 saturated heterocycles. The zero-order valence-corrected chi connectivity index (χ0v) is 14.4. The minimum absolute atomic E-state index is 0.0926. The Balaban J connectivity index is 2.21. The van der Waals surface area contributed by atoms with E-state index in [-0.39, 0.29) is 11.9 Å². The summed E-state index contributed by atoms with van der Waals surface area (Å²) in [6.07, 6.45) is 7.69. The molecule has 0 aliphatic heterocycles. The van der Waals surface area contributed by atoms with Gasteiger partial charge in [-0.1, -0.05) is 51.2 Å². The lowest BCUT2D eigenvalue weighted by molar-refractivity contribution is -0.121. The maximum absolute atomic E-state index is 11.8. The minimum atomic E-state index is -0.314. The Labute approximate surface area is 139 Å². The molecule has 1 aromatic carbocycles. The van der Waals surface area contributed by atoms with Gasteiger partial charge in [0.25, 0.3) is 0 Å². The first kappa shape index (κ1) is 19.2. The van der Waals surface area contributed by atoms with Crippen molar-refractivity contribution in [3.8, 4) is 0 Å². The smallest absolute Gasteiger partial charge is 0.338 e. The van der Waals surface area contributed by atoms with Gasteiger partial charge in [0.05, 0.1) is 12.2 Å². The molecule has 128 valence electrons. The van der Waals surface area contributed by atoms with E-state index in [4.69, 9.17) is 4.74 Å². The van der Waals surface area contributed by atoms with Crippen molar-refractivity contribution in [1.29, 1.82) is 0 Å². The number of esters is 1. The fourth-order valence-electron chi connectivity index (χ4n) is 2.33. The van der Waals surface area contributed by atoms with Crippen LogP contribution >= 0.6 is 0 Å². The largest absolute Gasteiger partial charge is 0.462 e. The average Bonchev–Trinajstić information content (AvgIpc) is 2.57. The van der Waals surface area contributed by atoms with Crippen molar-refractivity contribution in [2.75, 3.05) is 6.61 Å². The summed E-state index contributed by atoms with van der Waals surface area (Å²) in [4.78, 5) is 23.3. The van der Waals surface area contributed by atoms with Gasteiger partial charge < -0.3 is 10.1 Å². The van der Waals surface area contributed by atoms with Crippen molar-refractivity contribution in [2.24, 2.45) is 0 Å². The maximum Gasteiger partial charge on any atom is 0.338 e. The van der Waals surface area contributed by atoms with Gasteiger partial charge in [0.2, 0.25) is 5.91 Å². The Morgan fingerprint density at radius 3 is 2.26 bits per heavy atom. The Morgan fingerprint density at radius 2 is 1.61 bits per heavy atom. The molecule has 0 aliphatic carbocycles. The van der Waals surface area contributed by atoms with E-state index in [9.17, 15) is 9.59 Å². The van der Waals surface area contributed by atoms with Gasteiger partial charge in [0.1, 0.15) is 0 Å². The van der Waals surface area contributed by atoms with Crippen LogP contribution in [0.1, 0.15) is 74.7 Å². The fourth-order valence-corrected chi connectivity index (χ4v) is 2.33. The van der Waals surface area contributed by atoms with E-state index in [0.717, 1.165) is 18.4 Å². The number of unbranched alkanes of at least 4 members (excludes halogenated alkanes) is 5. The number of amides is 1. The molecular weight excluding hydrogens is 290 g/mol. The number of hydrogen-bond donors (Lipinski definition) is 1. The van der Waals surface area contributed by atoms with Gasteiger partial charge in [-0.3, -0.25) is 4.79 Å². The summed E-state index contributed by atoms with van der Waals surface area (Å²) in [6, 6.07) is 7.15. The topological polar surface area (TPSA) is 55.4 Å². The lowest BCUT2D eigenvalue weighted by Gasteiger charge is -2.07. The van der Waals surface area contributed by atoms with Gasteiger partial charge in [-0.05, 0) is 31.0 Å². The van der Waals surface area contributed by atoms with E-state index >= 15 is 0 Å². The number of nitrogens with one attached hydrogen (secondary N) is 1. The molecule has 0 saturated carbocycles. The van der Waals surface area contributed by atoms with Crippen LogP contribution in [0.25, 0.3) is 0 Å². The second-order valence-electron chi connectivity index (χ2n) is 5.71. The predicted octanol–water partition coefficient (Wildman–Crippen LogP) is 4.23. The molecule has 1 amide bonds. The highest BCUT2D eigenvalue weighted by molar-refractivity contribution is 5.89. The third-order valence-corrected chi connectivity index (χ3v) is 3.71. The third kappa shape index (κ3) is 8.38. The Hall–Kier alpha value is -1.84. The summed E-state index contributed by atoms with van der Waals surface area (Å²) in [5.74, 6) is -0.221. The number of ether oxygens (including phenoxy) is 1. The minimum Gasteiger partial charge on any atom is -0.462 e. The van der Waals surface area contributed by atoms with Gasteiger partial charge in [0.15, 0.2) is 0 Å². The fraction of sp³-hybridized carbons (Fsp3) is 0.579. The van der Waals surface area contributed by atoms with Crippen LogP contribution in [0.15, 0.2) is 24.3 Å². The zero-order chi connectivity index (χ0) is 16.9. The van der Waals surface area contributed by atoms with E-state index in [1.54, 1.807) is 19.1 Å². The standard InChI is InChI=1S/C19H29NO3/c1-3-5-6-7-8-9-10-18(21)20-15-16-11-13-17(14-12-16)19(22)23-4-2/h11-14H,3-10,15H2,1-2H3,(H,20,21). The number of carbonyl (C=O) groups excluding carboxylic acids is 2. The van der Waals surface area contributed by atoms with Gasteiger partial charge in [-0.2, -0.15) is 0 Å². The normalized spacial score (nSPS) is 10.3. The molecule has 4 nitrogen and oxygen atoms in total. The third-order valence-electron chi connectivity index (χ3n) is 3.71. The molecule has 1 N–H and O–H groups in total. The van der Waals surface area contributed by atoms with Crippen LogP contribution in [0.3, 0.4) is 0 Å². The van der Waals surface area contributed by atoms with Gasteiger partial charge in [-0.15, -0.1) is 0 Å². The SMILES string of the molecule is CCCCCCCCC(=O)NCc1ccc(C(=O)OCC)cc1. The second kappa shape index (κ2) is 11.7. The van der Waals surface area contributed by atoms with Crippen LogP contribution in [0.2, 0.25) is 0 Å². The number of benzene rings is 1. The zero-order valence-electron chi connectivity index (χ0n) is 14.4. The number of rotatable bonds is 11. The molecular formula is C19H29NO3. The van der Waals surface area contributed by atoms with Crippen LogP contribution in [0.5, 0.6) is 0 Å². The molecule has 4 heteroatoms. The van der Waals surface area contributed by atoms with Crippen molar-refractivity contribution in [2.45, 2.75) is 65.3 Å². The highest BCUT2D eigenvalue weighted by Crippen LogP contribution is 2.08. The highest BCUT2D eigenvalue weighted by Gasteiger charge is 2.06. The molecule has 23 heavy (non-hydrogen) atoms. The molecule has 1 aromatic rings. The molecule has 0 heterocycles. The van der Waals surface area contributed by atoms with Crippen molar-refractivity contribution in [3.05, 3.63) is 35.4 Å². The van der Waals surface area contributed by atoms with Gasteiger partial charge in [-0.25, -0.2) is 4.79 Å². The lowest BCUT2D eigenvalue weighted by Crippen LogP contribution is -2.22. The van der Waals surface area contributed by atoms with Crippen molar-refractivity contribution in [3.63, 3.8) is 0 Å². The van der Waals surface area contributed by atoms with Crippen molar-refractivity contribution in [1.82, 2.24) is 5.32 Å². The molecule has 1 rings (SSSR count). The van der Waals surface area contributed by atoms with Gasteiger partial charge in [0, 0.05) is 13.0 Å². The lowest BCUT2D eigenvalue weighted by atomic mass is 10.1. The van der Waals surface area contributed by atoms with Crippen molar-refractivity contribution >= 4 is 11.9 Å². The second-order valence-corrected chi connectivity index (χ2v) is 5.71. The van der Waals surface area contributed by atoms with Crippen LogP contribution < -0.4 is 5.32 Å². The first-order valence-corrected chi connectivity index (χ1v) is 8.70. The molecule has 0 atom stereocenters. The van der Waals surface area contributed by atoms with E-state index in [1.165, 1.54) is 25.7 Å². The summed E-state index contributed by atoms with van der Waals surface area (Å²) in [6.45, 7) is 4.85. The van der Waals surface area contributed by atoms with E-state index in [0.29, 0.717) is 25.1 Å². The summed E-state index contributed by atoms with van der Waals surface area (Å²) in [5.41, 5.74) is 1.52. The Kier molecular flexibility index (Phi) is 9.76.